The van der Waals surface area contributed by atoms with Crippen molar-refractivity contribution in [2.75, 3.05) is 13.1 Å². The summed E-state index contributed by atoms with van der Waals surface area (Å²) in [6.45, 7) is 15.7. The first-order valence-electron chi connectivity index (χ1n) is 7.69. The zero-order valence-electron chi connectivity index (χ0n) is 13.3. The highest BCUT2D eigenvalue weighted by Crippen LogP contribution is 2.41. The van der Waals surface area contributed by atoms with Gasteiger partial charge in [0.05, 0.1) is 11.7 Å². The van der Waals surface area contributed by atoms with Crippen LogP contribution in [-0.2, 0) is 4.74 Å². The largest absolute Gasteiger partial charge is 0.371 e. The zero-order valence-corrected chi connectivity index (χ0v) is 13.3. The molecule has 3 atom stereocenters. The molecule has 1 saturated carbocycles. The van der Waals surface area contributed by atoms with Crippen LogP contribution < -0.4 is 5.32 Å². The number of ether oxygens (including phenoxy) is 1. The molecule has 0 bridgehead atoms. The summed E-state index contributed by atoms with van der Waals surface area (Å²) in [5, 5.41) is 3.44. The summed E-state index contributed by atoms with van der Waals surface area (Å²) in [5.74, 6) is 0.791. The van der Waals surface area contributed by atoms with Gasteiger partial charge in [-0.3, -0.25) is 0 Å². The molecule has 3 unspecified atom stereocenters. The molecule has 0 aromatic heterocycles. The number of nitrogens with one attached hydrogen (secondary N) is 1. The van der Waals surface area contributed by atoms with E-state index >= 15 is 0 Å². The lowest BCUT2D eigenvalue weighted by molar-refractivity contribution is -0.118. The third-order valence-electron chi connectivity index (χ3n) is 4.29. The minimum atomic E-state index is -0.00613. The molecule has 0 amide bonds. The summed E-state index contributed by atoms with van der Waals surface area (Å²) in [6.07, 6.45) is 5.28. The van der Waals surface area contributed by atoms with Crippen molar-refractivity contribution in [2.45, 2.75) is 78.9 Å². The summed E-state index contributed by atoms with van der Waals surface area (Å²) < 4.78 is 6.47. The van der Waals surface area contributed by atoms with Crippen LogP contribution in [-0.4, -0.2) is 24.8 Å². The monoisotopic (exact) mass is 255 g/mol. The lowest BCUT2D eigenvalue weighted by Gasteiger charge is -2.43. The predicted octanol–water partition coefficient (Wildman–Crippen LogP) is 4.00. The molecule has 0 radical (unpaired) electrons. The second-order valence-electron chi connectivity index (χ2n) is 7.24. The summed E-state index contributed by atoms with van der Waals surface area (Å²) in [7, 11) is 0. The van der Waals surface area contributed by atoms with Crippen LogP contribution in [0.2, 0.25) is 0 Å². The van der Waals surface area contributed by atoms with Gasteiger partial charge in [-0.25, -0.2) is 0 Å². The van der Waals surface area contributed by atoms with Gasteiger partial charge in [0.1, 0.15) is 0 Å². The Morgan fingerprint density at radius 2 is 1.94 bits per heavy atom. The van der Waals surface area contributed by atoms with Crippen molar-refractivity contribution in [2.24, 2.45) is 11.3 Å². The Hall–Kier alpha value is -0.0800. The van der Waals surface area contributed by atoms with Crippen LogP contribution in [0.1, 0.15) is 67.2 Å². The van der Waals surface area contributed by atoms with Crippen molar-refractivity contribution in [3.8, 4) is 0 Å². The van der Waals surface area contributed by atoms with Gasteiger partial charge in [0.15, 0.2) is 0 Å². The molecule has 1 aliphatic carbocycles. The molecule has 0 aliphatic heterocycles. The van der Waals surface area contributed by atoms with Crippen LogP contribution in [0.4, 0.5) is 0 Å². The minimum absolute atomic E-state index is 0.00613. The highest BCUT2D eigenvalue weighted by Gasteiger charge is 2.36. The lowest BCUT2D eigenvalue weighted by atomic mass is 9.71. The second-order valence-corrected chi connectivity index (χ2v) is 7.24. The molecule has 0 saturated heterocycles. The van der Waals surface area contributed by atoms with Gasteiger partial charge in [0.2, 0.25) is 0 Å². The summed E-state index contributed by atoms with van der Waals surface area (Å²) in [5.41, 5.74) is 0.434. The number of hydrogen-bond acceptors (Lipinski definition) is 2. The van der Waals surface area contributed by atoms with Gasteiger partial charge in [0.25, 0.3) is 0 Å². The molecule has 1 rings (SSSR count). The first kappa shape index (κ1) is 16.0. The maximum Gasteiger partial charge on any atom is 0.0779 e. The lowest BCUT2D eigenvalue weighted by Crippen LogP contribution is -2.45. The van der Waals surface area contributed by atoms with Gasteiger partial charge < -0.3 is 10.1 Å². The van der Waals surface area contributed by atoms with Crippen molar-refractivity contribution in [1.82, 2.24) is 5.32 Å². The van der Waals surface area contributed by atoms with Gasteiger partial charge in [-0.05, 0) is 50.5 Å². The van der Waals surface area contributed by atoms with E-state index < -0.39 is 0 Å². The van der Waals surface area contributed by atoms with E-state index in [1.165, 1.54) is 19.3 Å². The van der Waals surface area contributed by atoms with Gasteiger partial charge in [0, 0.05) is 6.54 Å². The van der Waals surface area contributed by atoms with Gasteiger partial charge >= 0.3 is 0 Å². The van der Waals surface area contributed by atoms with E-state index in [1.807, 2.05) is 0 Å². The molecule has 0 aromatic carbocycles. The number of rotatable bonds is 6. The number of hydrogen-bond donors (Lipinski definition) is 1. The molecule has 108 valence electrons. The normalized spacial score (nSPS) is 31.0. The summed E-state index contributed by atoms with van der Waals surface area (Å²) >= 11 is 0. The molecule has 0 spiro atoms. The second kappa shape index (κ2) is 6.38. The molecule has 0 heterocycles. The van der Waals surface area contributed by atoms with Crippen LogP contribution in [0.3, 0.4) is 0 Å². The van der Waals surface area contributed by atoms with Crippen molar-refractivity contribution in [1.29, 1.82) is 0 Å². The smallest absolute Gasteiger partial charge is 0.0779 e. The van der Waals surface area contributed by atoms with Crippen molar-refractivity contribution < 1.29 is 4.74 Å². The predicted molar refractivity (Wildman–Crippen MR) is 78.9 cm³/mol. The van der Waals surface area contributed by atoms with Gasteiger partial charge in [-0.15, -0.1) is 0 Å². The zero-order chi connectivity index (χ0) is 13.8. The van der Waals surface area contributed by atoms with Crippen LogP contribution in [0.25, 0.3) is 0 Å². The van der Waals surface area contributed by atoms with E-state index in [0.29, 0.717) is 11.5 Å². The third-order valence-corrected chi connectivity index (χ3v) is 4.29. The first-order valence-corrected chi connectivity index (χ1v) is 7.69. The van der Waals surface area contributed by atoms with Gasteiger partial charge in [-0.2, -0.15) is 0 Å². The van der Waals surface area contributed by atoms with Crippen molar-refractivity contribution in [3.05, 3.63) is 0 Å². The van der Waals surface area contributed by atoms with E-state index in [4.69, 9.17) is 4.74 Å². The number of likely N-dealkylation sites (N-methyl/N-ethyl adjacent to an activating group) is 1. The van der Waals surface area contributed by atoms with E-state index in [-0.39, 0.29) is 5.60 Å². The first-order chi connectivity index (χ1) is 8.30. The van der Waals surface area contributed by atoms with Crippen LogP contribution in [0.5, 0.6) is 0 Å². The van der Waals surface area contributed by atoms with E-state index in [2.05, 4.69) is 46.9 Å². The van der Waals surface area contributed by atoms with E-state index in [9.17, 15) is 0 Å². The molecule has 18 heavy (non-hydrogen) atoms. The average Bonchev–Trinajstić information content (AvgIpc) is 2.23. The molecule has 0 aromatic rings. The van der Waals surface area contributed by atoms with Crippen LogP contribution in [0, 0.1) is 11.3 Å². The molecule has 2 nitrogen and oxygen atoms in total. The van der Waals surface area contributed by atoms with Crippen molar-refractivity contribution >= 4 is 0 Å². The Labute approximate surface area is 114 Å². The Balaban J connectivity index is 2.58. The Kier molecular flexibility index (Phi) is 5.67. The Morgan fingerprint density at radius 1 is 1.28 bits per heavy atom. The fourth-order valence-corrected chi connectivity index (χ4v) is 3.39. The SMILES string of the molecule is CCNCC(C)(CC)OC1CC(C)CC(C)(C)C1. The third kappa shape index (κ3) is 4.89. The highest BCUT2D eigenvalue weighted by atomic mass is 16.5. The average molecular weight is 255 g/mol. The van der Waals surface area contributed by atoms with Crippen LogP contribution >= 0.6 is 0 Å². The quantitative estimate of drug-likeness (QED) is 0.774. The Bertz CT molecular complexity index is 251. The topological polar surface area (TPSA) is 21.3 Å². The fourth-order valence-electron chi connectivity index (χ4n) is 3.39. The van der Waals surface area contributed by atoms with Gasteiger partial charge in [-0.1, -0.05) is 34.6 Å². The fraction of sp³-hybridized carbons (Fsp3) is 1.00. The molecule has 1 N–H and O–H groups in total. The molecular formula is C16H33NO. The maximum absolute atomic E-state index is 6.47. The van der Waals surface area contributed by atoms with Crippen LogP contribution in [0.15, 0.2) is 0 Å². The highest BCUT2D eigenvalue weighted by molar-refractivity contribution is 4.86. The summed E-state index contributed by atoms with van der Waals surface area (Å²) in [4.78, 5) is 0. The minimum Gasteiger partial charge on any atom is -0.371 e. The van der Waals surface area contributed by atoms with E-state index in [1.54, 1.807) is 0 Å². The standard InChI is InChI=1S/C16H33NO/c1-7-16(6,12-17-8-2)18-14-9-13(3)10-15(4,5)11-14/h13-14,17H,7-12H2,1-6H3. The molecule has 1 fully saturated rings. The van der Waals surface area contributed by atoms with Crippen molar-refractivity contribution in [3.63, 3.8) is 0 Å². The molecular weight excluding hydrogens is 222 g/mol. The summed E-state index contributed by atoms with van der Waals surface area (Å²) in [6, 6.07) is 0. The maximum atomic E-state index is 6.47. The molecule has 2 heteroatoms. The Morgan fingerprint density at radius 3 is 2.44 bits per heavy atom. The molecule has 1 aliphatic rings. The van der Waals surface area contributed by atoms with E-state index in [0.717, 1.165) is 25.4 Å².